The van der Waals surface area contributed by atoms with Crippen molar-refractivity contribution in [1.29, 1.82) is 0 Å². The molecule has 0 aliphatic rings. The third-order valence-corrected chi connectivity index (χ3v) is 3.00. The Morgan fingerprint density at radius 2 is 2.08 bits per heavy atom. The van der Waals surface area contributed by atoms with Crippen LogP contribution >= 0.6 is 0 Å². The maximum Gasteiger partial charge on any atom is 0.471 e. The second-order valence-corrected chi connectivity index (χ2v) is 4.70. The van der Waals surface area contributed by atoms with E-state index >= 15 is 0 Å². The minimum absolute atomic E-state index is 0.0526. The molecule has 1 aromatic heterocycles. The zero-order chi connectivity index (χ0) is 18.4. The molecular formula is C15H13F3N4O3. The smallest absolute Gasteiger partial charge is 0.329 e. The van der Waals surface area contributed by atoms with Gasteiger partial charge in [0.2, 0.25) is 5.82 Å². The molecule has 0 spiro atoms. The number of amides is 2. The number of benzene rings is 1. The molecule has 0 radical (unpaired) electrons. The Morgan fingerprint density at radius 3 is 2.60 bits per heavy atom. The van der Waals surface area contributed by atoms with Gasteiger partial charge in [-0.2, -0.15) is 23.2 Å². The maximum atomic E-state index is 12.5. The first-order valence-corrected chi connectivity index (χ1v) is 6.88. The minimum Gasteiger partial charge on any atom is -0.329 e. The fourth-order valence-electron chi connectivity index (χ4n) is 1.82. The first kappa shape index (κ1) is 18.3. The number of rotatable bonds is 5. The number of hydroxylamine groups is 2. The summed E-state index contributed by atoms with van der Waals surface area (Å²) in [5.41, 5.74) is 1.00. The Balaban J connectivity index is 2.08. The Kier molecular flexibility index (Phi) is 5.61. The van der Waals surface area contributed by atoms with Crippen LogP contribution in [0.25, 0.3) is 11.4 Å². The van der Waals surface area contributed by atoms with Gasteiger partial charge in [-0.25, -0.2) is 4.79 Å². The quantitative estimate of drug-likeness (QED) is 0.659. The molecule has 0 aliphatic heterocycles. The number of nitrogens with zero attached hydrogens (tertiary/aromatic N) is 3. The highest BCUT2D eigenvalue weighted by Gasteiger charge is 2.38. The predicted molar refractivity (Wildman–Crippen MR) is 79.5 cm³/mol. The van der Waals surface area contributed by atoms with Crippen LogP contribution in [-0.2, 0) is 17.6 Å². The van der Waals surface area contributed by atoms with Crippen LogP contribution in [0, 0.1) is 12.3 Å². The van der Waals surface area contributed by atoms with Gasteiger partial charge < -0.3 is 9.84 Å². The van der Waals surface area contributed by atoms with E-state index in [1.165, 1.54) is 19.2 Å². The maximum absolute atomic E-state index is 12.5. The van der Waals surface area contributed by atoms with Gasteiger partial charge in [0, 0.05) is 5.56 Å². The number of aromatic nitrogens is 2. The van der Waals surface area contributed by atoms with Gasteiger partial charge in [-0.3, -0.25) is 4.84 Å². The number of nitrogens with one attached hydrogen (secondary N) is 1. The average molecular weight is 354 g/mol. The number of carbonyl (C=O) groups excluding carboxylic acids is 1. The first-order chi connectivity index (χ1) is 11.8. The summed E-state index contributed by atoms with van der Waals surface area (Å²) in [5.74, 6) is 0.662. The molecule has 2 amide bonds. The van der Waals surface area contributed by atoms with Crippen molar-refractivity contribution >= 4 is 6.03 Å². The van der Waals surface area contributed by atoms with E-state index in [4.69, 9.17) is 11.3 Å². The summed E-state index contributed by atoms with van der Waals surface area (Å²) in [6, 6.07) is 5.69. The van der Waals surface area contributed by atoms with Crippen LogP contribution in [0.3, 0.4) is 0 Å². The van der Waals surface area contributed by atoms with Gasteiger partial charge in [0.15, 0.2) is 0 Å². The van der Waals surface area contributed by atoms with Gasteiger partial charge in [0.05, 0.1) is 20.2 Å². The molecule has 0 saturated heterocycles. The number of hydrogen-bond acceptors (Lipinski definition) is 5. The molecular weight excluding hydrogens is 341 g/mol. The van der Waals surface area contributed by atoms with Crippen LogP contribution in [0.5, 0.6) is 0 Å². The van der Waals surface area contributed by atoms with Crippen molar-refractivity contribution in [1.82, 2.24) is 20.5 Å². The lowest BCUT2D eigenvalue weighted by molar-refractivity contribution is -0.159. The van der Waals surface area contributed by atoms with E-state index < -0.39 is 18.1 Å². The van der Waals surface area contributed by atoms with Crippen molar-refractivity contribution < 1.29 is 27.3 Å². The normalized spacial score (nSPS) is 11.0. The zero-order valence-corrected chi connectivity index (χ0v) is 13.0. The standard InChI is InChI=1S/C15H13F3N4O3/c1-3-8-19-14(23)22(24-2)9-10-4-6-11(7-5-10)12-20-13(25-21-12)15(16,17)18/h1,4-7H,8-9H2,2H3,(H,19,23). The summed E-state index contributed by atoms with van der Waals surface area (Å²) in [7, 11) is 1.32. The molecule has 1 N–H and O–H groups in total. The summed E-state index contributed by atoms with van der Waals surface area (Å²) >= 11 is 0. The third-order valence-electron chi connectivity index (χ3n) is 3.00. The van der Waals surface area contributed by atoms with Gasteiger partial charge in [-0.05, 0) is 5.56 Å². The largest absolute Gasteiger partial charge is 0.471 e. The SMILES string of the molecule is C#CCNC(=O)N(Cc1ccc(-c2noc(C(F)(F)F)n2)cc1)OC. The molecule has 0 fully saturated rings. The summed E-state index contributed by atoms with van der Waals surface area (Å²) in [6.07, 6.45) is 0.359. The van der Waals surface area contributed by atoms with Crippen molar-refractivity contribution in [2.75, 3.05) is 13.7 Å². The number of carbonyl (C=O) groups is 1. The number of alkyl halides is 3. The molecule has 0 bridgehead atoms. The van der Waals surface area contributed by atoms with Crippen LogP contribution in [0.1, 0.15) is 11.5 Å². The summed E-state index contributed by atoms with van der Waals surface area (Å²) in [6.45, 7) is 0.157. The van der Waals surface area contributed by atoms with Gasteiger partial charge in [-0.15, -0.1) is 6.42 Å². The van der Waals surface area contributed by atoms with Crippen molar-refractivity contribution in [3.05, 3.63) is 35.7 Å². The molecule has 7 nitrogen and oxygen atoms in total. The van der Waals surface area contributed by atoms with Crippen molar-refractivity contribution in [2.45, 2.75) is 12.7 Å². The van der Waals surface area contributed by atoms with Gasteiger partial charge in [-0.1, -0.05) is 35.3 Å². The van der Waals surface area contributed by atoms with E-state index in [1.54, 1.807) is 12.1 Å². The Hall–Kier alpha value is -3.06. The van der Waals surface area contributed by atoms with Crippen LogP contribution in [0.4, 0.5) is 18.0 Å². The monoisotopic (exact) mass is 354 g/mol. The van der Waals surface area contributed by atoms with Crippen molar-refractivity contribution in [3.63, 3.8) is 0 Å². The molecule has 132 valence electrons. The summed E-state index contributed by atoms with van der Waals surface area (Å²) in [4.78, 5) is 20.0. The highest BCUT2D eigenvalue weighted by Crippen LogP contribution is 2.29. The highest BCUT2D eigenvalue weighted by atomic mass is 19.4. The fourth-order valence-corrected chi connectivity index (χ4v) is 1.82. The average Bonchev–Trinajstić information content (AvgIpc) is 3.08. The van der Waals surface area contributed by atoms with Crippen LogP contribution in [0.15, 0.2) is 28.8 Å². The molecule has 2 aromatic rings. The number of terminal acetylenes is 1. The Morgan fingerprint density at radius 1 is 1.40 bits per heavy atom. The summed E-state index contributed by atoms with van der Waals surface area (Å²) < 4.78 is 41.6. The molecule has 2 rings (SSSR count). The van der Waals surface area contributed by atoms with Crippen molar-refractivity contribution in [3.8, 4) is 23.7 Å². The lowest BCUT2D eigenvalue weighted by Crippen LogP contribution is -2.38. The van der Waals surface area contributed by atoms with Gasteiger partial charge in [0.25, 0.3) is 0 Å². The molecule has 1 aromatic carbocycles. The molecule has 1 heterocycles. The molecule has 10 heteroatoms. The van der Waals surface area contributed by atoms with E-state index in [0.717, 1.165) is 5.06 Å². The lowest BCUT2D eigenvalue weighted by atomic mass is 10.1. The van der Waals surface area contributed by atoms with E-state index in [2.05, 4.69) is 25.9 Å². The lowest BCUT2D eigenvalue weighted by Gasteiger charge is -2.19. The first-order valence-electron chi connectivity index (χ1n) is 6.88. The Bertz CT molecular complexity index is 766. The molecule has 0 saturated carbocycles. The molecule has 0 atom stereocenters. The fraction of sp³-hybridized carbons (Fsp3) is 0.267. The van der Waals surface area contributed by atoms with Crippen molar-refractivity contribution in [2.24, 2.45) is 0 Å². The molecule has 0 unspecified atom stereocenters. The van der Waals surface area contributed by atoms with E-state index in [1.807, 2.05) is 0 Å². The topological polar surface area (TPSA) is 80.5 Å². The van der Waals surface area contributed by atoms with E-state index in [0.29, 0.717) is 11.1 Å². The molecule has 25 heavy (non-hydrogen) atoms. The van der Waals surface area contributed by atoms with Crippen LogP contribution in [0.2, 0.25) is 0 Å². The number of halogens is 3. The van der Waals surface area contributed by atoms with Gasteiger partial charge in [0.1, 0.15) is 0 Å². The number of urea groups is 1. The molecule has 0 aliphatic carbocycles. The highest BCUT2D eigenvalue weighted by molar-refractivity contribution is 5.73. The van der Waals surface area contributed by atoms with E-state index in [-0.39, 0.29) is 18.9 Å². The summed E-state index contributed by atoms with van der Waals surface area (Å²) in [5, 5.41) is 6.79. The third kappa shape index (κ3) is 4.71. The second kappa shape index (κ2) is 7.67. The van der Waals surface area contributed by atoms with Crippen LogP contribution in [-0.4, -0.2) is 34.9 Å². The Labute approximate surface area is 140 Å². The zero-order valence-electron chi connectivity index (χ0n) is 13.0. The second-order valence-electron chi connectivity index (χ2n) is 4.70. The minimum atomic E-state index is -4.70. The van der Waals surface area contributed by atoms with E-state index in [9.17, 15) is 18.0 Å². The van der Waals surface area contributed by atoms with Gasteiger partial charge >= 0.3 is 18.1 Å². The van der Waals surface area contributed by atoms with Crippen LogP contribution < -0.4 is 5.32 Å². The predicted octanol–water partition coefficient (Wildman–Crippen LogP) is 2.46. The number of hydrogen-bond donors (Lipinski definition) is 1.